The standard InChI is InChI=1S/C15H31NO/c1-5-10-13(3)14(16-6-2)15(17-4)11-8-7-9-12-15/h13-14,16H,5-12H2,1-4H3. The van der Waals surface area contributed by atoms with E-state index in [1.165, 1.54) is 44.9 Å². The number of likely N-dealkylation sites (N-methyl/N-ethyl adjacent to an activating group) is 1. The van der Waals surface area contributed by atoms with Gasteiger partial charge in [-0.15, -0.1) is 0 Å². The van der Waals surface area contributed by atoms with Crippen LogP contribution < -0.4 is 5.32 Å². The van der Waals surface area contributed by atoms with Crippen molar-refractivity contribution in [2.75, 3.05) is 13.7 Å². The van der Waals surface area contributed by atoms with Crippen LogP contribution in [0, 0.1) is 5.92 Å². The Balaban J connectivity index is 2.76. The number of rotatable bonds is 7. The molecular weight excluding hydrogens is 210 g/mol. The summed E-state index contributed by atoms with van der Waals surface area (Å²) in [4.78, 5) is 0. The fraction of sp³-hybridized carbons (Fsp3) is 1.00. The molecule has 1 N–H and O–H groups in total. The van der Waals surface area contributed by atoms with Gasteiger partial charge in [-0.05, 0) is 31.7 Å². The van der Waals surface area contributed by atoms with Crippen molar-refractivity contribution in [3.63, 3.8) is 0 Å². The van der Waals surface area contributed by atoms with E-state index in [9.17, 15) is 0 Å². The highest BCUT2D eigenvalue weighted by atomic mass is 16.5. The average Bonchev–Trinajstić information content (AvgIpc) is 2.37. The number of nitrogens with one attached hydrogen (secondary N) is 1. The van der Waals surface area contributed by atoms with Crippen LogP contribution in [0.4, 0.5) is 0 Å². The SMILES string of the molecule is CCCC(C)C(NCC)C1(OC)CCCCC1. The van der Waals surface area contributed by atoms with E-state index < -0.39 is 0 Å². The summed E-state index contributed by atoms with van der Waals surface area (Å²) < 4.78 is 6.00. The van der Waals surface area contributed by atoms with Crippen LogP contribution in [0.3, 0.4) is 0 Å². The highest BCUT2D eigenvalue weighted by Gasteiger charge is 2.41. The van der Waals surface area contributed by atoms with Crippen LogP contribution in [0.2, 0.25) is 0 Å². The summed E-state index contributed by atoms with van der Waals surface area (Å²) in [6, 6.07) is 0.526. The lowest BCUT2D eigenvalue weighted by atomic mass is 9.74. The van der Waals surface area contributed by atoms with E-state index in [4.69, 9.17) is 4.74 Å². The summed E-state index contributed by atoms with van der Waals surface area (Å²) in [5.41, 5.74) is 0.100. The van der Waals surface area contributed by atoms with Crippen LogP contribution in [-0.4, -0.2) is 25.3 Å². The quantitative estimate of drug-likeness (QED) is 0.733. The molecule has 0 spiro atoms. The molecule has 2 heteroatoms. The van der Waals surface area contributed by atoms with Crippen LogP contribution >= 0.6 is 0 Å². The van der Waals surface area contributed by atoms with Gasteiger partial charge in [0.1, 0.15) is 0 Å². The number of methoxy groups -OCH3 is 1. The van der Waals surface area contributed by atoms with E-state index >= 15 is 0 Å². The van der Waals surface area contributed by atoms with Gasteiger partial charge in [-0.3, -0.25) is 0 Å². The molecule has 0 aliphatic heterocycles. The summed E-state index contributed by atoms with van der Waals surface area (Å²) >= 11 is 0. The van der Waals surface area contributed by atoms with E-state index in [-0.39, 0.29) is 5.60 Å². The van der Waals surface area contributed by atoms with Crippen molar-refractivity contribution in [3.8, 4) is 0 Å². The first-order chi connectivity index (χ1) is 8.20. The molecule has 2 unspecified atom stereocenters. The highest BCUT2D eigenvalue weighted by molar-refractivity contribution is 4.97. The van der Waals surface area contributed by atoms with Crippen LogP contribution in [0.15, 0.2) is 0 Å². The number of hydrogen-bond acceptors (Lipinski definition) is 2. The molecule has 1 rings (SSSR count). The van der Waals surface area contributed by atoms with Crippen molar-refractivity contribution in [1.29, 1.82) is 0 Å². The van der Waals surface area contributed by atoms with E-state index in [2.05, 4.69) is 26.1 Å². The number of hydrogen-bond donors (Lipinski definition) is 1. The molecule has 1 fully saturated rings. The Bertz CT molecular complexity index is 199. The molecule has 0 aromatic heterocycles. The lowest BCUT2D eigenvalue weighted by Crippen LogP contribution is -2.56. The second-order valence-corrected chi connectivity index (χ2v) is 5.63. The average molecular weight is 241 g/mol. The van der Waals surface area contributed by atoms with Crippen LogP contribution in [0.1, 0.15) is 65.7 Å². The van der Waals surface area contributed by atoms with Crippen molar-refractivity contribution in [2.24, 2.45) is 5.92 Å². The largest absolute Gasteiger partial charge is 0.377 e. The summed E-state index contributed by atoms with van der Waals surface area (Å²) in [6.07, 6.45) is 9.06. The van der Waals surface area contributed by atoms with Gasteiger partial charge < -0.3 is 10.1 Å². The zero-order valence-electron chi connectivity index (χ0n) is 12.2. The third kappa shape index (κ3) is 3.69. The Labute approximate surface area is 108 Å². The Morgan fingerprint density at radius 1 is 1.18 bits per heavy atom. The zero-order valence-corrected chi connectivity index (χ0v) is 12.2. The smallest absolute Gasteiger partial charge is 0.0833 e. The van der Waals surface area contributed by atoms with Gasteiger partial charge in [0.2, 0.25) is 0 Å². The molecule has 1 saturated carbocycles. The molecule has 0 aromatic carbocycles. The van der Waals surface area contributed by atoms with Crippen LogP contribution in [0.5, 0.6) is 0 Å². The minimum Gasteiger partial charge on any atom is -0.377 e. The van der Waals surface area contributed by atoms with Gasteiger partial charge in [0, 0.05) is 13.2 Å². The molecule has 2 atom stereocenters. The molecule has 0 radical (unpaired) electrons. The minimum absolute atomic E-state index is 0.100. The molecule has 0 aromatic rings. The molecular formula is C15H31NO. The molecule has 102 valence electrons. The summed E-state index contributed by atoms with van der Waals surface area (Å²) in [6.45, 7) is 7.91. The van der Waals surface area contributed by atoms with Crippen LogP contribution in [-0.2, 0) is 4.74 Å². The first-order valence-electron chi connectivity index (χ1n) is 7.48. The topological polar surface area (TPSA) is 21.3 Å². The van der Waals surface area contributed by atoms with E-state index in [1.807, 2.05) is 7.11 Å². The second-order valence-electron chi connectivity index (χ2n) is 5.63. The van der Waals surface area contributed by atoms with Crippen molar-refractivity contribution >= 4 is 0 Å². The predicted octanol–water partition coefficient (Wildman–Crippen LogP) is 3.75. The Hall–Kier alpha value is -0.0800. The van der Waals surface area contributed by atoms with Crippen molar-refractivity contribution < 1.29 is 4.74 Å². The normalized spacial score (nSPS) is 23.3. The van der Waals surface area contributed by atoms with Crippen molar-refractivity contribution in [2.45, 2.75) is 77.4 Å². The Kier molecular flexibility index (Phi) is 6.50. The first-order valence-corrected chi connectivity index (χ1v) is 7.48. The fourth-order valence-corrected chi connectivity index (χ4v) is 3.54. The van der Waals surface area contributed by atoms with Gasteiger partial charge >= 0.3 is 0 Å². The van der Waals surface area contributed by atoms with Gasteiger partial charge in [0.25, 0.3) is 0 Å². The monoisotopic (exact) mass is 241 g/mol. The summed E-state index contributed by atoms with van der Waals surface area (Å²) in [7, 11) is 1.91. The molecule has 0 amide bonds. The maximum Gasteiger partial charge on any atom is 0.0833 e. The molecule has 1 aliphatic carbocycles. The van der Waals surface area contributed by atoms with Gasteiger partial charge in [0.05, 0.1) is 5.60 Å². The number of ether oxygens (including phenoxy) is 1. The van der Waals surface area contributed by atoms with Crippen LogP contribution in [0.25, 0.3) is 0 Å². The Morgan fingerprint density at radius 2 is 1.82 bits per heavy atom. The third-order valence-electron chi connectivity index (χ3n) is 4.41. The van der Waals surface area contributed by atoms with Crippen molar-refractivity contribution in [3.05, 3.63) is 0 Å². The Morgan fingerprint density at radius 3 is 2.29 bits per heavy atom. The minimum atomic E-state index is 0.100. The third-order valence-corrected chi connectivity index (χ3v) is 4.41. The van der Waals surface area contributed by atoms with E-state index in [1.54, 1.807) is 0 Å². The summed E-state index contributed by atoms with van der Waals surface area (Å²) in [5.74, 6) is 0.706. The predicted molar refractivity (Wildman–Crippen MR) is 74.4 cm³/mol. The van der Waals surface area contributed by atoms with Gasteiger partial charge in [-0.25, -0.2) is 0 Å². The van der Waals surface area contributed by atoms with Crippen molar-refractivity contribution in [1.82, 2.24) is 5.32 Å². The maximum atomic E-state index is 6.00. The molecule has 2 nitrogen and oxygen atoms in total. The second kappa shape index (κ2) is 7.38. The summed E-state index contributed by atoms with van der Waals surface area (Å²) in [5, 5.41) is 3.70. The lowest BCUT2D eigenvalue weighted by Gasteiger charge is -2.45. The highest BCUT2D eigenvalue weighted by Crippen LogP contribution is 2.37. The van der Waals surface area contributed by atoms with Gasteiger partial charge in [-0.2, -0.15) is 0 Å². The molecule has 0 heterocycles. The zero-order chi connectivity index (χ0) is 12.7. The fourth-order valence-electron chi connectivity index (χ4n) is 3.54. The maximum absolute atomic E-state index is 6.00. The van der Waals surface area contributed by atoms with Gasteiger partial charge in [0.15, 0.2) is 0 Å². The lowest BCUT2D eigenvalue weighted by molar-refractivity contribution is -0.0803. The molecule has 0 bridgehead atoms. The van der Waals surface area contributed by atoms with E-state index in [0.717, 1.165) is 6.54 Å². The van der Waals surface area contributed by atoms with E-state index in [0.29, 0.717) is 12.0 Å². The first kappa shape index (κ1) is 15.0. The molecule has 0 saturated heterocycles. The molecule has 1 aliphatic rings. The van der Waals surface area contributed by atoms with Gasteiger partial charge in [-0.1, -0.05) is 46.5 Å². The molecule has 17 heavy (non-hydrogen) atoms.